The van der Waals surface area contributed by atoms with Gasteiger partial charge in [-0.1, -0.05) is 19.1 Å². The van der Waals surface area contributed by atoms with Gasteiger partial charge in [0.2, 0.25) is 0 Å². The Morgan fingerprint density at radius 1 is 1.38 bits per heavy atom. The Hall–Kier alpha value is -1.55. The van der Waals surface area contributed by atoms with Crippen LogP contribution in [0.4, 0.5) is 0 Å². The van der Waals surface area contributed by atoms with Crippen LogP contribution in [-0.2, 0) is 11.2 Å². The SMILES string of the molecule is CCC1(C(=O)O)CCCN(CCc2ccc(OC)cc2)C1. The molecule has 0 aliphatic carbocycles. The molecule has 1 unspecified atom stereocenters. The molecule has 0 bridgehead atoms. The fourth-order valence-corrected chi connectivity index (χ4v) is 3.11. The Morgan fingerprint density at radius 3 is 2.67 bits per heavy atom. The molecule has 0 radical (unpaired) electrons. The van der Waals surface area contributed by atoms with E-state index in [0.717, 1.165) is 38.1 Å². The molecule has 0 saturated carbocycles. The van der Waals surface area contributed by atoms with E-state index in [4.69, 9.17) is 4.74 Å². The number of likely N-dealkylation sites (tertiary alicyclic amines) is 1. The van der Waals surface area contributed by atoms with E-state index >= 15 is 0 Å². The van der Waals surface area contributed by atoms with E-state index in [1.54, 1.807) is 7.11 Å². The molecule has 0 aromatic heterocycles. The lowest BCUT2D eigenvalue weighted by molar-refractivity contribution is -0.152. The number of methoxy groups -OCH3 is 1. The highest BCUT2D eigenvalue weighted by Crippen LogP contribution is 2.33. The third kappa shape index (κ3) is 3.76. The maximum Gasteiger partial charge on any atom is 0.310 e. The molecule has 1 aliphatic rings. The summed E-state index contributed by atoms with van der Waals surface area (Å²) in [6, 6.07) is 8.10. The van der Waals surface area contributed by atoms with Gasteiger partial charge in [0.25, 0.3) is 0 Å². The van der Waals surface area contributed by atoms with Gasteiger partial charge < -0.3 is 14.7 Å². The summed E-state index contributed by atoms with van der Waals surface area (Å²) in [5.41, 5.74) is 0.719. The number of hydrogen-bond donors (Lipinski definition) is 1. The number of carboxylic acids is 1. The monoisotopic (exact) mass is 291 g/mol. The summed E-state index contributed by atoms with van der Waals surface area (Å²) in [7, 11) is 1.67. The van der Waals surface area contributed by atoms with Crippen molar-refractivity contribution in [1.29, 1.82) is 0 Å². The van der Waals surface area contributed by atoms with Crippen LogP contribution >= 0.6 is 0 Å². The normalized spacial score (nSPS) is 23.0. The van der Waals surface area contributed by atoms with Gasteiger partial charge >= 0.3 is 5.97 Å². The van der Waals surface area contributed by atoms with Crippen molar-refractivity contribution in [3.05, 3.63) is 29.8 Å². The predicted molar refractivity (Wildman–Crippen MR) is 82.7 cm³/mol. The standard InChI is InChI=1S/C17H25NO3/c1-3-17(16(19)20)10-4-11-18(13-17)12-9-14-5-7-15(21-2)8-6-14/h5-8H,3-4,9-13H2,1-2H3,(H,19,20). The maximum absolute atomic E-state index is 11.6. The number of benzene rings is 1. The van der Waals surface area contributed by atoms with Gasteiger partial charge in [0.15, 0.2) is 0 Å². The minimum atomic E-state index is -0.640. The molecule has 2 rings (SSSR count). The second-order valence-electron chi connectivity index (χ2n) is 5.92. The minimum Gasteiger partial charge on any atom is -0.497 e. The highest BCUT2D eigenvalue weighted by molar-refractivity contribution is 5.75. The molecule has 1 aliphatic heterocycles. The van der Waals surface area contributed by atoms with Crippen molar-refractivity contribution < 1.29 is 14.6 Å². The van der Waals surface area contributed by atoms with Crippen molar-refractivity contribution in [2.45, 2.75) is 32.6 Å². The molecule has 1 aromatic rings. The van der Waals surface area contributed by atoms with Crippen molar-refractivity contribution in [2.24, 2.45) is 5.41 Å². The number of rotatable bonds is 6. The molecule has 4 heteroatoms. The van der Waals surface area contributed by atoms with Crippen LogP contribution in [0.15, 0.2) is 24.3 Å². The quantitative estimate of drug-likeness (QED) is 0.875. The zero-order valence-corrected chi connectivity index (χ0v) is 13.0. The van der Waals surface area contributed by atoms with E-state index in [2.05, 4.69) is 17.0 Å². The van der Waals surface area contributed by atoms with Crippen LogP contribution < -0.4 is 4.74 Å². The summed E-state index contributed by atoms with van der Waals surface area (Å²) in [4.78, 5) is 13.9. The first-order valence-electron chi connectivity index (χ1n) is 7.68. The molecule has 4 nitrogen and oxygen atoms in total. The van der Waals surface area contributed by atoms with E-state index in [0.29, 0.717) is 13.0 Å². The van der Waals surface area contributed by atoms with Crippen LogP contribution in [-0.4, -0.2) is 42.7 Å². The van der Waals surface area contributed by atoms with Crippen LogP contribution in [0.1, 0.15) is 31.7 Å². The summed E-state index contributed by atoms with van der Waals surface area (Å²) in [5.74, 6) is 0.228. The van der Waals surface area contributed by atoms with Gasteiger partial charge in [-0.2, -0.15) is 0 Å². The van der Waals surface area contributed by atoms with Gasteiger partial charge in [-0.15, -0.1) is 0 Å². The zero-order chi connectivity index (χ0) is 15.3. The van der Waals surface area contributed by atoms with Gasteiger partial charge in [0.05, 0.1) is 12.5 Å². The molecule has 21 heavy (non-hydrogen) atoms. The van der Waals surface area contributed by atoms with Crippen LogP contribution in [0.5, 0.6) is 5.75 Å². The van der Waals surface area contributed by atoms with Gasteiger partial charge in [0, 0.05) is 13.1 Å². The Kier molecular flexibility index (Phi) is 5.23. The Balaban J connectivity index is 1.91. The first kappa shape index (κ1) is 15.8. The molecule has 1 N–H and O–H groups in total. The second kappa shape index (κ2) is 6.94. The van der Waals surface area contributed by atoms with Crippen LogP contribution in [0.25, 0.3) is 0 Å². The second-order valence-corrected chi connectivity index (χ2v) is 5.92. The Bertz CT molecular complexity index is 471. The number of piperidine rings is 1. The van der Waals surface area contributed by atoms with E-state index < -0.39 is 11.4 Å². The average molecular weight is 291 g/mol. The average Bonchev–Trinajstić information content (AvgIpc) is 2.53. The summed E-state index contributed by atoms with van der Waals surface area (Å²) < 4.78 is 5.16. The molecular formula is C17H25NO3. The van der Waals surface area contributed by atoms with Crippen LogP contribution in [0.3, 0.4) is 0 Å². The van der Waals surface area contributed by atoms with E-state index in [1.807, 2.05) is 19.1 Å². The highest BCUT2D eigenvalue weighted by Gasteiger charge is 2.40. The van der Waals surface area contributed by atoms with E-state index in [1.165, 1.54) is 5.56 Å². The van der Waals surface area contributed by atoms with Crippen molar-refractivity contribution in [3.8, 4) is 5.75 Å². The zero-order valence-electron chi connectivity index (χ0n) is 13.0. The lowest BCUT2D eigenvalue weighted by atomic mass is 9.77. The molecule has 0 amide bonds. The fraction of sp³-hybridized carbons (Fsp3) is 0.588. The maximum atomic E-state index is 11.6. The number of ether oxygens (including phenoxy) is 1. The van der Waals surface area contributed by atoms with Crippen molar-refractivity contribution in [2.75, 3.05) is 26.7 Å². The topological polar surface area (TPSA) is 49.8 Å². The Labute approximate surface area is 126 Å². The third-order valence-corrected chi connectivity index (χ3v) is 4.66. The van der Waals surface area contributed by atoms with Gasteiger partial charge in [0.1, 0.15) is 5.75 Å². The van der Waals surface area contributed by atoms with Crippen LogP contribution in [0, 0.1) is 5.41 Å². The lowest BCUT2D eigenvalue weighted by Crippen LogP contribution is -2.48. The Morgan fingerprint density at radius 2 is 2.10 bits per heavy atom. The number of carbonyl (C=O) groups is 1. The first-order valence-corrected chi connectivity index (χ1v) is 7.68. The van der Waals surface area contributed by atoms with Gasteiger partial charge in [-0.05, 0) is 49.9 Å². The van der Waals surface area contributed by atoms with E-state index in [9.17, 15) is 9.90 Å². The lowest BCUT2D eigenvalue weighted by Gasteiger charge is -2.39. The molecular weight excluding hydrogens is 266 g/mol. The van der Waals surface area contributed by atoms with Gasteiger partial charge in [-0.25, -0.2) is 0 Å². The molecule has 1 heterocycles. The van der Waals surface area contributed by atoms with Crippen molar-refractivity contribution >= 4 is 5.97 Å². The smallest absolute Gasteiger partial charge is 0.310 e. The number of carboxylic acid groups (broad SMARTS) is 1. The summed E-state index contributed by atoms with van der Waals surface area (Å²) in [6.07, 6.45) is 3.44. The van der Waals surface area contributed by atoms with Crippen LogP contribution in [0.2, 0.25) is 0 Å². The van der Waals surface area contributed by atoms with Gasteiger partial charge in [-0.3, -0.25) is 4.79 Å². The summed E-state index contributed by atoms with van der Waals surface area (Å²) in [5, 5.41) is 9.51. The minimum absolute atomic E-state index is 0.543. The molecule has 0 spiro atoms. The van der Waals surface area contributed by atoms with Crippen molar-refractivity contribution in [1.82, 2.24) is 4.90 Å². The highest BCUT2D eigenvalue weighted by atomic mass is 16.5. The van der Waals surface area contributed by atoms with E-state index in [-0.39, 0.29) is 0 Å². The summed E-state index contributed by atoms with van der Waals surface area (Å²) in [6.45, 7) is 4.59. The summed E-state index contributed by atoms with van der Waals surface area (Å²) >= 11 is 0. The largest absolute Gasteiger partial charge is 0.497 e. The third-order valence-electron chi connectivity index (χ3n) is 4.66. The number of aliphatic carboxylic acids is 1. The number of nitrogens with zero attached hydrogens (tertiary/aromatic N) is 1. The molecule has 1 atom stereocenters. The molecule has 1 aromatic carbocycles. The first-order chi connectivity index (χ1) is 10.1. The molecule has 1 fully saturated rings. The predicted octanol–water partition coefficient (Wildman–Crippen LogP) is 2.81. The number of hydrogen-bond acceptors (Lipinski definition) is 3. The van der Waals surface area contributed by atoms with Crippen molar-refractivity contribution in [3.63, 3.8) is 0 Å². The fourth-order valence-electron chi connectivity index (χ4n) is 3.11. The molecule has 1 saturated heterocycles. The molecule has 116 valence electrons.